The molecule has 0 aliphatic rings. The summed E-state index contributed by atoms with van der Waals surface area (Å²) < 4.78 is 0. The van der Waals surface area contributed by atoms with Crippen LogP contribution in [0.5, 0.6) is 0 Å². The first-order valence-electron chi connectivity index (χ1n) is 11.3. The summed E-state index contributed by atoms with van der Waals surface area (Å²) in [6, 6.07) is 17.7. The van der Waals surface area contributed by atoms with E-state index in [2.05, 4.69) is 82.8 Å². The number of hydrogen-bond donors (Lipinski definition) is 0. The Morgan fingerprint density at radius 1 is 0.857 bits per heavy atom. The molecule has 0 radical (unpaired) electrons. The Morgan fingerprint density at radius 3 is 2.25 bits per heavy atom. The zero-order valence-corrected chi connectivity index (χ0v) is 18.6. The summed E-state index contributed by atoms with van der Waals surface area (Å²) in [5.41, 5.74) is 6.91. The Hall–Kier alpha value is -1.82. The van der Waals surface area contributed by atoms with E-state index < -0.39 is 0 Å². The van der Waals surface area contributed by atoms with Gasteiger partial charge in [0.25, 0.3) is 0 Å². The molecule has 2 aromatic carbocycles. The first kappa shape index (κ1) is 22.5. The third-order valence-corrected chi connectivity index (χ3v) is 6.18. The van der Waals surface area contributed by atoms with Crippen LogP contribution in [0, 0.1) is 25.7 Å². The molecule has 1 unspecified atom stereocenters. The molecule has 0 heteroatoms. The molecule has 0 fully saturated rings. The molecule has 0 nitrogen and oxygen atoms in total. The molecule has 0 saturated heterocycles. The van der Waals surface area contributed by atoms with Crippen molar-refractivity contribution in [2.24, 2.45) is 11.8 Å². The highest BCUT2D eigenvalue weighted by Crippen LogP contribution is 2.31. The van der Waals surface area contributed by atoms with Crippen LogP contribution in [0.3, 0.4) is 0 Å². The molecule has 0 bridgehead atoms. The summed E-state index contributed by atoms with van der Waals surface area (Å²) in [6.07, 6.45) is 10.4. The highest BCUT2D eigenvalue weighted by molar-refractivity contribution is 5.66. The van der Waals surface area contributed by atoms with Crippen molar-refractivity contribution in [1.29, 1.82) is 0 Å². The second-order valence-corrected chi connectivity index (χ2v) is 8.74. The smallest absolute Gasteiger partial charge is 0.0162 e. The average Bonchev–Trinajstić information content (AvgIpc) is 2.69. The Balaban J connectivity index is 1.75. The fourth-order valence-electron chi connectivity index (χ4n) is 4.20. The minimum Gasteiger partial charge on any atom is -0.0950 e. The van der Waals surface area contributed by atoms with Gasteiger partial charge in [-0.3, -0.25) is 0 Å². The van der Waals surface area contributed by atoms with Gasteiger partial charge in [0.15, 0.2) is 0 Å². The molecule has 0 aliphatic carbocycles. The maximum Gasteiger partial charge on any atom is -0.0162 e. The molecule has 0 aliphatic heterocycles. The minimum atomic E-state index is 0.633. The first-order valence-corrected chi connectivity index (χ1v) is 11.3. The average molecular weight is 377 g/mol. The van der Waals surface area contributed by atoms with Crippen LogP contribution in [0.25, 0.3) is 5.57 Å². The highest BCUT2D eigenvalue weighted by atomic mass is 14.2. The quantitative estimate of drug-likeness (QED) is 0.325. The van der Waals surface area contributed by atoms with Gasteiger partial charge in [-0.05, 0) is 72.8 Å². The molecule has 2 rings (SSSR count). The SMILES string of the molecule is C=C(c1ccc(C)c(C)c1)C(CCC)CCCCC[C@@H](C)Cc1ccccc1. The monoisotopic (exact) mass is 376 g/mol. The molecule has 0 N–H and O–H groups in total. The lowest BCUT2D eigenvalue weighted by molar-refractivity contribution is 0.461. The summed E-state index contributed by atoms with van der Waals surface area (Å²) in [5.74, 6) is 1.41. The fraction of sp³-hybridized carbons (Fsp3) is 0.500. The molecule has 0 aromatic heterocycles. The van der Waals surface area contributed by atoms with Crippen LogP contribution in [-0.2, 0) is 6.42 Å². The lowest BCUT2D eigenvalue weighted by atomic mass is 9.85. The number of rotatable bonds is 12. The Kier molecular flexibility index (Phi) is 9.55. The lowest BCUT2D eigenvalue weighted by Gasteiger charge is -2.20. The van der Waals surface area contributed by atoms with Crippen molar-refractivity contribution < 1.29 is 0 Å². The summed E-state index contributed by atoms with van der Waals surface area (Å²) in [5, 5.41) is 0. The van der Waals surface area contributed by atoms with Crippen LogP contribution in [0.1, 0.15) is 81.0 Å². The number of benzene rings is 2. The van der Waals surface area contributed by atoms with Gasteiger partial charge in [0.1, 0.15) is 0 Å². The molecule has 0 saturated carbocycles. The van der Waals surface area contributed by atoms with Crippen LogP contribution in [-0.4, -0.2) is 0 Å². The van der Waals surface area contributed by atoms with Gasteiger partial charge in [-0.15, -0.1) is 0 Å². The van der Waals surface area contributed by atoms with Gasteiger partial charge in [-0.1, -0.05) is 101 Å². The zero-order chi connectivity index (χ0) is 20.4. The third-order valence-electron chi connectivity index (χ3n) is 6.18. The number of hydrogen-bond acceptors (Lipinski definition) is 0. The Morgan fingerprint density at radius 2 is 1.57 bits per heavy atom. The van der Waals surface area contributed by atoms with E-state index in [-0.39, 0.29) is 0 Å². The van der Waals surface area contributed by atoms with Crippen molar-refractivity contribution in [3.05, 3.63) is 77.4 Å². The molecular weight excluding hydrogens is 336 g/mol. The number of allylic oxidation sites excluding steroid dienone is 1. The van der Waals surface area contributed by atoms with E-state index in [0.29, 0.717) is 5.92 Å². The summed E-state index contributed by atoms with van der Waals surface area (Å²) in [4.78, 5) is 0. The molecule has 0 spiro atoms. The van der Waals surface area contributed by atoms with E-state index in [0.717, 1.165) is 5.92 Å². The van der Waals surface area contributed by atoms with Crippen molar-refractivity contribution in [2.45, 2.75) is 79.1 Å². The highest BCUT2D eigenvalue weighted by Gasteiger charge is 2.14. The fourth-order valence-corrected chi connectivity index (χ4v) is 4.20. The van der Waals surface area contributed by atoms with E-state index in [9.17, 15) is 0 Å². The van der Waals surface area contributed by atoms with Crippen LogP contribution < -0.4 is 0 Å². The van der Waals surface area contributed by atoms with E-state index >= 15 is 0 Å². The summed E-state index contributed by atoms with van der Waals surface area (Å²) in [7, 11) is 0. The largest absolute Gasteiger partial charge is 0.0950 e. The second-order valence-electron chi connectivity index (χ2n) is 8.74. The van der Waals surface area contributed by atoms with Gasteiger partial charge in [0, 0.05) is 0 Å². The van der Waals surface area contributed by atoms with Crippen molar-refractivity contribution in [3.63, 3.8) is 0 Å². The molecule has 2 atom stereocenters. The first-order chi connectivity index (χ1) is 13.5. The summed E-state index contributed by atoms with van der Waals surface area (Å²) in [6.45, 7) is 13.6. The predicted octanol–water partition coefficient (Wildman–Crippen LogP) is 8.56. The van der Waals surface area contributed by atoms with Crippen molar-refractivity contribution in [2.75, 3.05) is 0 Å². The lowest BCUT2D eigenvalue weighted by Crippen LogP contribution is -2.04. The summed E-state index contributed by atoms with van der Waals surface area (Å²) >= 11 is 0. The van der Waals surface area contributed by atoms with Gasteiger partial charge in [-0.2, -0.15) is 0 Å². The molecule has 28 heavy (non-hydrogen) atoms. The zero-order valence-electron chi connectivity index (χ0n) is 18.6. The normalized spacial score (nSPS) is 13.3. The van der Waals surface area contributed by atoms with Gasteiger partial charge >= 0.3 is 0 Å². The van der Waals surface area contributed by atoms with Crippen molar-refractivity contribution >= 4 is 5.57 Å². The van der Waals surface area contributed by atoms with Gasteiger partial charge in [-0.25, -0.2) is 0 Å². The van der Waals surface area contributed by atoms with Crippen molar-refractivity contribution in [3.8, 4) is 0 Å². The molecule has 2 aromatic rings. The van der Waals surface area contributed by atoms with E-state index in [1.165, 1.54) is 79.2 Å². The van der Waals surface area contributed by atoms with Crippen LogP contribution in [0.15, 0.2) is 55.1 Å². The van der Waals surface area contributed by atoms with Gasteiger partial charge < -0.3 is 0 Å². The van der Waals surface area contributed by atoms with Gasteiger partial charge in [0.2, 0.25) is 0 Å². The van der Waals surface area contributed by atoms with Crippen LogP contribution in [0.4, 0.5) is 0 Å². The molecule has 0 amide bonds. The Labute approximate surface area is 174 Å². The predicted molar refractivity (Wildman–Crippen MR) is 126 cm³/mol. The molecular formula is C28H40. The number of aryl methyl sites for hydroxylation is 2. The molecule has 152 valence electrons. The maximum absolute atomic E-state index is 4.49. The number of unbranched alkanes of at least 4 members (excludes halogenated alkanes) is 2. The van der Waals surface area contributed by atoms with E-state index in [4.69, 9.17) is 0 Å². The second kappa shape index (κ2) is 11.9. The maximum atomic E-state index is 4.49. The van der Waals surface area contributed by atoms with Crippen LogP contribution in [0.2, 0.25) is 0 Å². The minimum absolute atomic E-state index is 0.633. The topological polar surface area (TPSA) is 0 Å². The van der Waals surface area contributed by atoms with Crippen molar-refractivity contribution in [1.82, 2.24) is 0 Å². The standard InChI is InChI=1S/C28H40/c1-6-13-27(25(5)28-19-18-23(3)24(4)21-28)17-12-7-9-14-22(2)20-26-15-10-8-11-16-26/h8,10-11,15-16,18-19,21-22,27H,5-7,9,12-14,17,20H2,1-4H3/t22-,27?/m1/s1. The van der Waals surface area contributed by atoms with E-state index in [1.807, 2.05) is 0 Å². The van der Waals surface area contributed by atoms with Crippen LogP contribution >= 0.6 is 0 Å². The molecule has 0 heterocycles. The third kappa shape index (κ3) is 7.30. The van der Waals surface area contributed by atoms with Gasteiger partial charge in [0.05, 0.1) is 0 Å². The van der Waals surface area contributed by atoms with E-state index in [1.54, 1.807) is 0 Å². The Bertz CT molecular complexity index is 710.